The van der Waals surface area contributed by atoms with E-state index in [0.29, 0.717) is 19.3 Å². The summed E-state index contributed by atoms with van der Waals surface area (Å²) < 4.78 is 16.8. The van der Waals surface area contributed by atoms with E-state index in [1.807, 2.05) is 0 Å². The lowest BCUT2D eigenvalue weighted by molar-refractivity contribution is -0.167. The van der Waals surface area contributed by atoms with E-state index >= 15 is 0 Å². The first-order chi connectivity index (χ1) is 33.0. The average molecular weight is 931 g/mol. The minimum Gasteiger partial charge on any atom is -0.462 e. The summed E-state index contributed by atoms with van der Waals surface area (Å²) in [6.45, 7) is 6.40. The zero-order chi connectivity index (χ0) is 48.6. The number of allylic oxidation sites excluding steroid dienone is 16. The number of unbranched alkanes of at least 4 members (excludes halogenated alkanes) is 22. The van der Waals surface area contributed by atoms with Crippen LogP contribution in [-0.2, 0) is 28.6 Å². The zero-order valence-corrected chi connectivity index (χ0v) is 43.6. The van der Waals surface area contributed by atoms with Crippen LogP contribution in [0.4, 0.5) is 0 Å². The minimum atomic E-state index is -0.808. The number of esters is 3. The van der Waals surface area contributed by atoms with Crippen LogP contribution < -0.4 is 0 Å². The maximum Gasteiger partial charge on any atom is 0.306 e. The lowest BCUT2D eigenvalue weighted by Crippen LogP contribution is -2.30. The van der Waals surface area contributed by atoms with E-state index < -0.39 is 6.10 Å². The molecule has 0 fully saturated rings. The summed E-state index contributed by atoms with van der Waals surface area (Å²) in [4.78, 5) is 38.1. The van der Waals surface area contributed by atoms with Crippen LogP contribution in [0.3, 0.4) is 0 Å². The second kappa shape index (κ2) is 54.9. The first-order valence-electron chi connectivity index (χ1n) is 27.7. The number of hydrogen-bond acceptors (Lipinski definition) is 6. The van der Waals surface area contributed by atoms with Crippen molar-refractivity contribution < 1.29 is 28.6 Å². The Morgan fingerprint density at radius 2 is 0.612 bits per heavy atom. The predicted molar refractivity (Wildman–Crippen MR) is 288 cm³/mol. The van der Waals surface area contributed by atoms with Crippen molar-refractivity contribution in [1.82, 2.24) is 0 Å². The second-order valence-electron chi connectivity index (χ2n) is 18.1. The van der Waals surface area contributed by atoms with Crippen LogP contribution in [0.15, 0.2) is 97.2 Å². The van der Waals surface area contributed by atoms with Gasteiger partial charge < -0.3 is 14.2 Å². The molecule has 0 aliphatic carbocycles. The van der Waals surface area contributed by atoms with Gasteiger partial charge in [0.25, 0.3) is 0 Å². The molecule has 0 aromatic heterocycles. The van der Waals surface area contributed by atoms with E-state index in [-0.39, 0.29) is 37.5 Å². The highest BCUT2D eigenvalue weighted by Gasteiger charge is 2.19. The molecule has 0 saturated heterocycles. The van der Waals surface area contributed by atoms with Crippen LogP contribution in [0.5, 0.6) is 0 Å². The van der Waals surface area contributed by atoms with E-state index in [1.165, 1.54) is 89.9 Å². The van der Waals surface area contributed by atoms with Gasteiger partial charge >= 0.3 is 17.9 Å². The highest BCUT2D eigenvalue weighted by Crippen LogP contribution is 2.14. The molecule has 0 aromatic carbocycles. The summed E-state index contributed by atoms with van der Waals surface area (Å²) in [6.07, 6.45) is 72.5. The topological polar surface area (TPSA) is 78.9 Å². The minimum absolute atomic E-state index is 0.102. The molecule has 382 valence electrons. The second-order valence-corrected chi connectivity index (χ2v) is 18.1. The van der Waals surface area contributed by atoms with Gasteiger partial charge in [0.1, 0.15) is 13.2 Å². The molecule has 1 unspecified atom stereocenters. The van der Waals surface area contributed by atoms with Gasteiger partial charge in [-0.15, -0.1) is 0 Å². The monoisotopic (exact) mass is 931 g/mol. The Bertz CT molecular complexity index is 1350. The van der Waals surface area contributed by atoms with Crippen LogP contribution in [-0.4, -0.2) is 37.2 Å². The molecular formula is C61H102O6. The Morgan fingerprint density at radius 1 is 0.313 bits per heavy atom. The number of hydrogen-bond donors (Lipinski definition) is 0. The van der Waals surface area contributed by atoms with Crippen LogP contribution in [0.1, 0.15) is 252 Å². The number of rotatable bonds is 49. The van der Waals surface area contributed by atoms with Gasteiger partial charge in [0.15, 0.2) is 6.10 Å². The normalized spacial score (nSPS) is 12.8. The van der Waals surface area contributed by atoms with Gasteiger partial charge in [-0.1, -0.05) is 214 Å². The number of carbonyl (C=O) groups is 3. The molecule has 0 saturated carbocycles. The zero-order valence-electron chi connectivity index (χ0n) is 43.6. The number of carbonyl (C=O) groups excluding carboxylic acids is 3. The lowest BCUT2D eigenvalue weighted by atomic mass is 10.1. The fourth-order valence-electron chi connectivity index (χ4n) is 7.38. The fourth-order valence-corrected chi connectivity index (χ4v) is 7.38. The lowest BCUT2D eigenvalue weighted by Gasteiger charge is -2.18. The standard InChI is InChI=1S/C61H102O6/c1-4-7-10-13-16-19-22-25-27-28-29-30-31-32-34-36-39-42-45-48-51-54-60(63)66-57-58(56-65-59(62)53-50-47-44-41-38-35-24-21-18-15-12-9-6-3)67-61(64)55-52-49-46-43-40-37-33-26-23-20-17-14-11-8-5-2/h8,11-12,15,17,20-22,24-26,28-29,33,40,43,58H,4-7,9-10,13-14,16,18-19,23,27,30-32,34-39,41-42,44-57H2,1-3H3/b11-8-,15-12-,20-17-,24-21-,25-22-,29-28-,33-26-,43-40-. The van der Waals surface area contributed by atoms with Crippen molar-refractivity contribution in [3.8, 4) is 0 Å². The van der Waals surface area contributed by atoms with Crippen molar-refractivity contribution in [3.63, 3.8) is 0 Å². The van der Waals surface area contributed by atoms with Gasteiger partial charge in [-0.2, -0.15) is 0 Å². The van der Waals surface area contributed by atoms with Crippen molar-refractivity contribution in [2.45, 2.75) is 258 Å². The Labute approximate surface area is 413 Å². The van der Waals surface area contributed by atoms with Crippen molar-refractivity contribution >= 4 is 17.9 Å². The van der Waals surface area contributed by atoms with Gasteiger partial charge in [-0.25, -0.2) is 0 Å². The molecule has 0 bridgehead atoms. The Morgan fingerprint density at radius 3 is 1.00 bits per heavy atom. The number of ether oxygens (including phenoxy) is 3. The first-order valence-corrected chi connectivity index (χ1v) is 27.7. The predicted octanol–water partition coefficient (Wildman–Crippen LogP) is 18.5. The molecule has 0 aromatic rings. The third-order valence-corrected chi connectivity index (χ3v) is 11.5. The maximum absolute atomic E-state index is 12.8. The van der Waals surface area contributed by atoms with E-state index in [1.54, 1.807) is 0 Å². The van der Waals surface area contributed by atoms with Gasteiger partial charge in [-0.3, -0.25) is 14.4 Å². The molecule has 0 heterocycles. The van der Waals surface area contributed by atoms with Crippen molar-refractivity contribution in [3.05, 3.63) is 97.2 Å². The molecule has 0 amide bonds. The molecule has 6 nitrogen and oxygen atoms in total. The SMILES string of the molecule is CC/C=C\C/C=C\C/C=C\C/C=C\CCCCC(=O)OC(COC(=O)CCCCCCC/C=C\C/C=C\CCC)COC(=O)CCCCCCCCCCC/C=C\C/C=C\CCCCCCC. The van der Waals surface area contributed by atoms with Crippen LogP contribution >= 0.6 is 0 Å². The smallest absolute Gasteiger partial charge is 0.306 e. The van der Waals surface area contributed by atoms with Gasteiger partial charge in [-0.05, 0) is 116 Å². The summed E-state index contributed by atoms with van der Waals surface area (Å²) >= 11 is 0. The highest BCUT2D eigenvalue weighted by molar-refractivity contribution is 5.71. The van der Waals surface area contributed by atoms with Gasteiger partial charge in [0, 0.05) is 19.3 Å². The molecule has 0 aliphatic rings. The summed E-state index contributed by atoms with van der Waals surface area (Å²) in [6, 6.07) is 0. The van der Waals surface area contributed by atoms with Crippen molar-refractivity contribution in [2.24, 2.45) is 0 Å². The van der Waals surface area contributed by atoms with Gasteiger partial charge in [0.05, 0.1) is 0 Å². The summed E-state index contributed by atoms with van der Waals surface area (Å²) in [5.74, 6) is -0.963. The van der Waals surface area contributed by atoms with E-state index in [4.69, 9.17) is 14.2 Å². The van der Waals surface area contributed by atoms with Crippen molar-refractivity contribution in [1.29, 1.82) is 0 Å². The molecule has 0 rings (SSSR count). The van der Waals surface area contributed by atoms with Gasteiger partial charge in [0.2, 0.25) is 0 Å². The Balaban J connectivity index is 4.42. The molecule has 0 N–H and O–H groups in total. The van der Waals surface area contributed by atoms with E-state index in [0.717, 1.165) is 116 Å². The van der Waals surface area contributed by atoms with E-state index in [9.17, 15) is 14.4 Å². The molecule has 1 atom stereocenters. The molecule has 67 heavy (non-hydrogen) atoms. The van der Waals surface area contributed by atoms with E-state index in [2.05, 4.69) is 118 Å². The van der Waals surface area contributed by atoms with Crippen LogP contribution in [0.2, 0.25) is 0 Å². The Kier molecular flexibility index (Phi) is 51.9. The molecule has 0 spiro atoms. The Hall–Kier alpha value is -3.67. The maximum atomic E-state index is 12.8. The quantitative estimate of drug-likeness (QED) is 0.0262. The third-order valence-electron chi connectivity index (χ3n) is 11.5. The summed E-state index contributed by atoms with van der Waals surface area (Å²) in [5, 5.41) is 0. The fraction of sp³-hybridized carbons (Fsp3) is 0.689. The summed E-state index contributed by atoms with van der Waals surface area (Å²) in [5.41, 5.74) is 0. The van der Waals surface area contributed by atoms with Crippen LogP contribution in [0.25, 0.3) is 0 Å². The largest absolute Gasteiger partial charge is 0.462 e. The molecule has 0 radical (unpaired) electrons. The third kappa shape index (κ3) is 53.2. The molecule has 6 heteroatoms. The highest BCUT2D eigenvalue weighted by atomic mass is 16.6. The molecular weight excluding hydrogens is 829 g/mol. The average Bonchev–Trinajstić information content (AvgIpc) is 3.33. The van der Waals surface area contributed by atoms with Crippen LogP contribution in [0, 0.1) is 0 Å². The van der Waals surface area contributed by atoms with Crippen molar-refractivity contribution in [2.75, 3.05) is 13.2 Å². The first kappa shape index (κ1) is 63.3. The summed E-state index contributed by atoms with van der Waals surface area (Å²) in [7, 11) is 0. The molecule has 0 aliphatic heterocycles.